The summed E-state index contributed by atoms with van der Waals surface area (Å²) in [6.07, 6.45) is 0.0134. The van der Waals surface area contributed by atoms with Crippen molar-refractivity contribution in [2.75, 3.05) is 13.3 Å². The summed E-state index contributed by atoms with van der Waals surface area (Å²) in [5, 5.41) is 0. The first-order valence-electron chi connectivity index (χ1n) is 4.63. The monoisotopic (exact) mass is 193 g/mol. The maximum Gasteiger partial charge on any atom is 0.231 e. The molecule has 0 aromatic heterocycles. The Kier molecular flexibility index (Phi) is 1.65. The van der Waals surface area contributed by atoms with Gasteiger partial charge in [-0.3, -0.25) is 0 Å². The Bertz CT molecular complexity index is 378. The molecule has 0 spiro atoms. The highest BCUT2D eigenvalue weighted by atomic mass is 16.7. The summed E-state index contributed by atoms with van der Waals surface area (Å²) in [6, 6.07) is 3.92. The second-order valence-corrected chi connectivity index (χ2v) is 3.40. The van der Waals surface area contributed by atoms with Crippen LogP contribution in [0.4, 0.5) is 0 Å². The molecule has 2 aliphatic rings. The largest absolute Gasteiger partial charge is 0.454 e. The predicted octanol–water partition coefficient (Wildman–Crippen LogP) is 0.945. The van der Waals surface area contributed by atoms with Gasteiger partial charge in [-0.2, -0.15) is 0 Å². The average Bonchev–Trinajstić information content (AvgIpc) is 2.82. The van der Waals surface area contributed by atoms with Crippen LogP contribution >= 0.6 is 0 Å². The van der Waals surface area contributed by atoms with Crippen molar-refractivity contribution in [1.82, 2.24) is 0 Å². The lowest BCUT2D eigenvalue weighted by Gasteiger charge is -2.07. The molecule has 2 N–H and O–H groups in total. The van der Waals surface area contributed by atoms with E-state index in [0.717, 1.165) is 22.6 Å². The highest BCUT2D eigenvalue weighted by Crippen LogP contribution is 2.43. The molecule has 0 amide bonds. The van der Waals surface area contributed by atoms with Crippen LogP contribution in [0.2, 0.25) is 0 Å². The van der Waals surface area contributed by atoms with E-state index in [4.69, 9.17) is 19.9 Å². The van der Waals surface area contributed by atoms with E-state index in [2.05, 4.69) is 0 Å². The van der Waals surface area contributed by atoms with E-state index < -0.39 is 0 Å². The van der Waals surface area contributed by atoms with Crippen LogP contribution in [-0.4, -0.2) is 13.3 Å². The van der Waals surface area contributed by atoms with Gasteiger partial charge in [0.25, 0.3) is 0 Å². The topological polar surface area (TPSA) is 53.7 Å². The molecule has 0 radical (unpaired) electrons. The molecular formula is C10H11NO3. The van der Waals surface area contributed by atoms with Crippen LogP contribution in [0, 0.1) is 0 Å². The predicted molar refractivity (Wildman–Crippen MR) is 49.1 cm³/mol. The molecule has 1 atom stereocenters. The van der Waals surface area contributed by atoms with Crippen molar-refractivity contribution in [3.05, 3.63) is 23.3 Å². The summed E-state index contributed by atoms with van der Waals surface area (Å²) in [7, 11) is 0. The van der Waals surface area contributed by atoms with Gasteiger partial charge < -0.3 is 19.9 Å². The molecule has 14 heavy (non-hydrogen) atoms. The van der Waals surface area contributed by atoms with Crippen molar-refractivity contribution in [2.45, 2.75) is 12.7 Å². The molecule has 0 bridgehead atoms. The molecule has 2 aliphatic heterocycles. The first-order chi connectivity index (χ1) is 6.90. The minimum atomic E-state index is 0.0134. The number of nitrogens with two attached hydrogens (primary N) is 1. The lowest BCUT2D eigenvalue weighted by Crippen LogP contribution is -2.10. The fourth-order valence-electron chi connectivity index (χ4n) is 1.96. The van der Waals surface area contributed by atoms with Crippen LogP contribution in [0.25, 0.3) is 0 Å². The third-order valence-corrected chi connectivity index (χ3v) is 2.67. The maximum absolute atomic E-state index is 5.60. The van der Waals surface area contributed by atoms with Gasteiger partial charge >= 0.3 is 0 Å². The van der Waals surface area contributed by atoms with Gasteiger partial charge in [-0.1, -0.05) is 6.07 Å². The first-order valence-corrected chi connectivity index (χ1v) is 4.63. The van der Waals surface area contributed by atoms with Crippen molar-refractivity contribution in [2.24, 2.45) is 5.73 Å². The van der Waals surface area contributed by atoms with Gasteiger partial charge in [0.15, 0.2) is 11.5 Å². The van der Waals surface area contributed by atoms with Crippen LogP contribution in [0.1, 0.15) is 17.2 Å². The van der Waals surface area contributed by atoms with E-state index in [-0.39, 0.29) is 6.10 Å². The molecule has 4 nitrogen and oxygen atoms in total. The van der Waals surface area contributed by atoms with Crippen molar-refractivity contribution < 1.29 is 14.2 Å². The summed E-state index contributed by atoms with van der Waals surface area (Å²) in [5.74, 6) is 1.64. The number of rotatable bonds is 1. The Morgan fingerprint density at radius 3 is 3.14 bits per heavy atom. The zero-order valence-corrected chi connectivity index (χ0v) is 7.66. The maximum atomic E-state index is 5.60. The molecule has 0 aliphatic carbocycles. The van der Waals surface area contributed by atoms with E-state index in [9.17, 15) is 0 Å². The average molecular weight is 193 g/mol. The Morgan fingerprint density at radius 2 is 2.29 bits per heavy atom. The molecule has 1 unspecified atom stereocenters. The number of benzene rings is 1. The highest BCUT2D eigenvalue weighted by molar-refractivity contribution is 5.53. The van der Waals surface area contributed by atoms with Gasteiger partial charge in [0.05, 0.1) is 12.7 Å². The minimum Gasteiger partial charge on any atom is -0.454 e. The third kappa shape index (κ3) is 0.951. The molecule has 0 fully saturated rings. The summed E-state index contributed by atoms with van der Waals surface area (Å²) < 4.78 is 16.2. The zero-order chi connectivity index (χ0) is 9.54. The fourth-order valence-corrected chi connectivity index (χ4v) is 1.96. The SMILES string of the molecule is NCC1OCc2c1ccc1c2OCO1. The van der Waals surface area contributed by atoms with Crippen molar-refractivity contribution in [1.29, 1.82) is 0 Å². The quantitative estimate of drug-likeness (QED) is 0.721. The van der Waals surface area contributed by atoms with Crippen molar-refractivity contribution in [3.63, 3.8) is 0 Å². The first kappa shape index (κ1) is 8.08. The van der Waals surface area contributed by atoms with E-state index in [1.807, 2.05) is 12.1 Å². The molecule has 0 saturated carbocycles. The minimum absolute atomic E-state index is 0.0134. The Labute approximate surface area is 81.6 Å². The smallest absolute Gasteiger partial charge is 0.231 e. The van der Waals surface area contributed by atoms with Gasteiger partial charge in [0, 0.05) is 12.1 Å². The lowest BCUT2D eigenvalue weighted by molar-refractivity contribution is 0.0714. The van der Waals surface area contributed by atoms with E-state index in [0.29, 0.717) is 19.9 Å². The molecule has 3 rings (SSSR count). The molecule has 2 heterocycles. The molecular weight excluding hydrogens is 182 g/mol. The van der Waals surface area contributed by atoms with Gasteiger partial charge in [0.2, 0.25) is 6.79 Å². The van der Waals surface area contributed by atoms with E-state index in [1.165, 1.54) is 0 Å². The van der Waals surface area contributed by atoms with Gasteiger partial charge in [-0.25, -0.2) is 0 Å². The van der Waals surface area contributed by atoms with Crippen molar-refractivity contribution >= 4 is 0 Å². The number of fused-ring (bicyclic) bond motifs is 3. The summed E-state index contributed by atoms with van der Waals surface area (Å²) >= 11 is 0. The van der Waals surface area contributed by atoms with Gasteiger partial charge in [0.1, 0.15) is 0 Å². The van der Waals surface area contributed by atoms with E-state index >= 15 is 0 Å². The van der Waals surface area contributed by atoms with Gasteiger partial charge in [-0.05, 0) is 11.6 Å². The Balaban J connectivity index is 2.12. The van der Waals surface area contributed by atoms with Crippen LogP contribution in [0.15, 0.2) is 12.1 Å². The summed E-state index contributed by atoms with van der Waals surface area (Å²) in [4.78, 5) is 0. The highest BCUT2D eigenvalue weighted by Gasteiger charge is 2.29. The lowest BCUT2D eigenvalue weighted by atomic mass is 10.0. The number of hydrogen-bond acceptors (Lipinski definition) is 4. The molecule has 0 saturated heterocycles. The van der Waals surface area contributed by atoms with Crippen LogP contribution < -0.4 is 15.2 Å². The Hall–Kier alpha value is -1.26. The standard InChI is InChI=1S/C10H11NO3/c11-3-9-6-1-2-8-10(14-5-13-8)7(6)4-12-9/h1-2,9H,3-5,11H2. The number of hydrogen-bond donors (Lipinski definition) is 1. The zero-order valence-electron chi connectivity index (χ0n) is 7.66. The molecule has 4 heteroatoms. The normalized spacial score (nSPS) is 22.5. The Morgan fingerprint density at radius 1 is 1.36 bits per heavy atom. The second-order valence-electron chi connectivity index (χ2n) is 3.40. The fraction of sp³-hybridized carbons (Fsp3) is 0.400. The summed E-state index contributed by atoms with van der Waals surface area (Å²) in [6.45, 7) is 1.38. The third-order valence-electron chi connectivity index (χ3n) is 2.67. The summed E-state index contributed by atoms with van der Waals surface area (Å²) in [5.41, 5.74) is 7.83. The van der Waals surface area contributed by atoms with E-state index in [1.54, 1.807) is 0 Å². The van der Waals surface area contributed by atoms with Crippen LogP contribution in [0.3, 0.4) is 0 Å². The van der Waals surface area contributed by atoms with Gasteiger partial charge in [-0.15, -0.1) is 0 Å². The van der Waals surface area contributed by atoms with Crippen LogP contribution in [-0.2, 0) is 11.3 Å². The van der Waals surface area contributed by atoms with Crippen molar-refractivity contribution in [3.8, 4) is 11.5 Å². The molecule has 74 valence electrons. The van der Waals surface area contributed by atoms with Crippen LogP contribution in [0.5, 0.6) is 11.5 Å². The molecule has 1 aromatic rings. The number of ether oxygens (including phenoxy) is 3. The second kappa shape index (κ2) is 2.87. The molecule has 1 aromatic carbocycles.